The minimum Gasteiger partial charge on any atom is -0.358 e. The van der Waals surface area contributed by atoms with Crippen molar-refractivity contribution in [3.63, 3.8) is 0 Å². The van der Waals surface area contributed by atoms with E-state index in [1.807, 2.05) is 13.1 Å². The van der Waals surface area contributed by atoms with Gasteiger partial charge < -0.3 is 15.6 Å². The van der Waals surface area contributed by atoms with Gasteiger partial charge >= 0.3 is 0 Å². The second-order valence-corrected chi connectivity index (χ2v) is 7.14. The summed E-state index contributed by atoms with van der Waals surface area (Å²) in [4.78, 5) is 7.88. The van der Waals surface area contributed by atoms with Crippen LogP contribution < -0.4 is 10.6 Å². The lowest BCUT2D eigenvalue weighted by atomic mass is 9.91. The predicted molar refractivity (Wildman–Crippen MR) is 98.5 cm³/mol. The monoisotopic (exact) mass is 332 g/mol. The number of benzene rings is 1. The molecular weight excluding hydrogens is 308 g/mol. The number of hydrogen-bond donors (Lipinski definition) is 3. The minimum absolute atomic E-state index is 0.402. The summed E-state index contributed by atoms with van der Waals surface area (Å²) in [5, 5.41) is 9.00. The Hall–Kier alpha value is -1.68. The summed E-state index contributed by atoms with van der Waals surface area (Å²) in [6, 6.07) is 6.49. The van der Waals surface area contributed by atoms with Gasteiger partial charge in [0.15, 0.2) is 5.96 Å². The van der Waals surface area contributed by atoms with E-state index in [1.165, 1.54) is 22.2 Å². The normalized spacial score (nSPS) is 18.3. The maximum Gasteiger partial charge on any atom is 0.191 e. The molecule has 4 nitrogen and oxygen atoms in total. The molecule has 1 aliphatic rings. The van der Waals surface area contributed by atoms with Crippen LogP contribution in [-0.4, -0.2) is 30.6 Å². The highest BCUT2D eigenvalue weighted by Gasteiger charge is 2.23. The Morgan fingerprint density at radius 3 is 3.00 bits per heavy atom. The summed E-state index contributed by atoms with van der Waals surface area (Å²) in [7, 11) is 1.83. The lowest BCUT2D eigenvalue weighted by Gasteiger charge is -2.26. The standard InChI is InChI=1S/C18H25ClN4/c1-11(2)10-21-18(20-3)22-13-5-7-17-15(9-13)14-8-12(19)4-6-16(14)23-17/h4,6,8,11,13,23H,5,7,9-10H2,1-3H3,(H2,20,21,22). The fourth-order valence-electron chi connectivity index (χ4n) is 3.20. The van der Waals surface area contributed by atoms with Gasteiger partial charge in [0, 0.05) is 41.3 Å². The Bertz CT molecular complexity index is 717. The molecule has 0 bridgehead atoms. The predicted octanol–water partition coefficient (Wildman–Crippen LogP) is 3.50. The SMILES string of the molecule is CN=C(NCC(C)C)NC1CCc2[nH]c3ccc(Cl)cc3c2C1. The zero-order chi connectivity index (χ0) is 16.4. The molecule has 1 atom stereocenters. The first-order valence-corrected chi connectivity index (χ1v) is 8.70. The molecule has 0 radical (unpaired) electrons. The third-order valence-electron chi connectivity index (χ3n) is 4.39. The van der Waals surface area contributed by atoms with Crippen LogP contribution in [-0.2, 0) is 12.8 Å². The number of H-pyrrole nitrogens is 1. The van der Waals surface area contributed by atoms with Crippen molar-refractivity contribution in [1.82, 2.24) is 15.6 Å². The lowest BCUT2D eigenvalue weighted by Crippen LogP contribution is -2.46. The molecule has 0 aliphatic heterocycles. The van der Waals surface area contributed by atoms with Crippen LogP contribution in [0.3, 0.4) is 0 Å². The van der Waals surface area contributed by atoms with Crippen molar-refractivity contribution < 1.29 is 0 Å². The Balaban J connectivity index is 1.74. The molecule has 124 valence electrons. The van der Waals surface area contributed by atoms with E-state index in [-0.39, 0.29) is 0 Å². The minimum atomic E-state index is 0.402. The van der Waals surface area contributed by atoms with Gasteiger partial charge in [-0.2, -0.15) is 0 Å². The first-order valence-electron chi connectivity index (χ1n) is 8.33. The van der Waals surface area contributed by atoms with Gasteiger partial charge in [-0.05, 0) is 48.9 Å². The molecule has 1 aliphatic carbocycles. The van der Waals surface area contributed by atoms with E-state index in [2.05, 4.69) is 46.6 Å². The summed E-state index contributed by atoms with van der Waals surface area (Å²) < 4.78 is 0. The van der Waals surface area contributed by atoms with Gasteiger partial charge in [-0.25, -0.2) is 0 Å². The second kappa shape index (κ2) is 6.83. The molecule has 1 aromatic carbocycles. The zero-order valence-corrected chi connectivity index (χ0v) is 14.8. The average molecular weight is 333 g/mol. The molecule has 3 N–H and O–H groups in total. The molecular formula is C18H25ClN4. The third kappa shape index (κ3) is 3.63. The average Bonchev–Trinajstić information content (AvgIpc) is 2.88. The maximum atomic E-state index is 6.17. The first-order chi connectivity index (χ1) is 11.1. The number of nitrogens with zero attached hydrogens (tertiary/aromatic N) is 1. The smallest absolute Gasteiger partial charge is 0.191 e. The van der Waals surface area contributed by atoms with Crippen molar-refractivity contribution in [3.8, 4) is 0 Å². The van der Waals surface area contributed by atoms with E-state index in [0.717, 1.165) is 36.8 Å². The van der Waals surface area contributed by atoms with Gasteiger partial charge in [-0.3, -0.25) is 4.99 Å². The molecule has 23 heavy (non-hydrogen) atoms. The van der Waals surface area contributed by atoms with Crippen LogP contribution in [0.25, 0.3) is 10.9 Å². The number of hydrogen-bond acceptors (Lipinski definition) is 1. The highest BCUT2D eigenvalue weighted by molar-refractivity contribution is 6.31. The van der Waals surface area contributed by atoms with Gasteiger partial charge in [0.25, 0.3) is 0 Å². The number of aliphatic imine (C=N–C) groups is 1. The van der Waals surface area contributed by atoms with E-state index < -0.39 is 0 Å². The van der Waals surface area contributed by atoms with Crippen LogP contribution in [0.15, 0.2) is 23.2 Å². The number of aryl methyl sites for hydroxylation is 1. The fourth-order valence-corrected chi connectivity index (χ4v) is 3.37. The molecule has 0 saturated heterocycles. The number of aromatic nitrogens is 1. The van der Waals surface area contributed by atoms with E-state index in [9.17, 15) is 0 Å². The molecule has 1 aromatic heterocycles. The van der Waals surface area contributed by atoms with Crippen molar-refractivity contribution in [3.05, 3.63) is 34.5 Å². The van der Waals surface area contributed by atoms with E-state index in [0.29, 0.717) is 12.0 Å². The second-order valence-electron chi connectivity index (χ2n) is 6.70. The first kappa shape index (κ1) is 16.2. The van der Waals surface area contributed by atoms with Crippen molar-refractivity contribution in [2.75, 3.05) is 13.6 Å². The molecule has 0 fully saturated rings. The Labute approximate surface area is 142 Å². The Kier molecular flexibility index (Phi) is 4.81. The van der Waals surface area contributed by atoms with Crippen LogP contribution in [0.4, 0.5) is 0 Å². The number of halogens is 1. The summed E-state index contributed by atoms with van der Waals surface area (Å²) >= 11 is 6.17. The Morgan fingerprint density at radius 2 is 2.26 bits per heavy atom. The largest absolute Gasteiger partial charge is 0.358 e. The van der Waals surface area contributed by atoms with Gasteiger partial charge in [-0.1, -0.05) is 25.4 Å². The molecule has 1 heterocycles. The molecule has 2 aromatic rings. The van der Waals surface area contributed by atoms with Crippen LogP contribution in [0.5, 0.6) is 0 Å². The summed E-state index contributed by atoms with van der Waals surface area (Å²) in [5.74, 6) is 1.49. The van der Waals surface area contributed by atoms with Gasteiger partial charge in [0.2, 0.25) is 0 Å². The van der Waals surface area contributed by atoms with Crippen molar-refractivity contribution in [2.45, 2.75) is 39.2 Å². The van der Waals surface area contributed by atoms with Crippen LogP contribution in [0.1, 0.15) is 31.5 Å². The van der Waals surface area contributed by atoms with E-state index in [4.69, 9.17) is 11.6 Å². The Morgan fingerprint density at radius 1 is 1.43 bits per heavy atom. The van der Waals surface area contributed by atoms with Crippen LogP contribution in [0, 0.1) is 5.92 Å². The molecule has 1 unspecified atom stereocenters. The highest BCUT2D eigenvalue weighted by Crippen LogP contribution is 2.30. The number of rotatable bonds is 3. The highest BCUT2D eigenvalue weighted by atomic mass is 35.5. The fraction of sp³-hybridized carbons (Fsp3) is 0.500. The molecule has 5 heteroatoms. The number of aromatic amines is 1. The van der Waals surface area contributed by atoms with Crippen LogP contribution in [0.2, 0.25) is 5.02 Å². The third-order valence-corrected chi connectivity index (χ3v) is 4.63. The van der Waals surface area contributed by atoms with Crippen molar-refractivity contribution in [1.29, 1.82) is 0 Å². The van der Waals surface area contributed by atoms with Gasteiger partial charge in [0.1, 0.15) is 0 Å². The topological polar surface area (TPSA) is 52.2 Å². The maximum absolute atomic E-state index is 6.17. The van der Waals surface area contributed by atoms with Gasteiger partial charge in [0.05, 0.1) is 0 Å². The van der Waals surface area contributed by atoms with Gasteiger partial charge in [-0.15, -0.1) is 0 Å². The van der Waals surface area contributed by atoms with Crippen molar-refractivity contribution in [2.24, 2.45) is 10.9 Å². The van der Waals surface area contributed by atoms with E-state index >= 15 is 0 Å². The summed E-state index contributed by atoms with van der Waals surface area (Å²) in [6.45, 7) is 5.33. The van der Waals surface area contributed by atoms with E-state index in [1.54, 1.807) is 0 Å². The molecule has 0 saturated carbocycles. The molecule has 0 spiro atoms. The summed E-state index contributed by atoms with van der Waals surface area (Å²) in [6.07, 6.45) is 3.16. The van der Waals surface area contributed by atoms with Crippen molar-refractivity contribution >= 4 is 28.5 Å². The lowest BCUT2D eigenvalue weighted by molar-refractivity contribution is 0.513. The zero-order valence-electron chi connectivity index (χ0n) is 14.0. The van der Waals surface area contributed by atoms with Crippen LogP contribution >= 0.6 is 11.6 Å². The molecule has 3 rings (SSSR count). The quantitative estimate of drug-likeness (QED) is 0.595. The summed E-state index contributed by atoms with van der Waals surface area (Å²) in [5.41, 5.74) is 3.93. The molecule has 0 amide bonds. The number of guanidine groups is 1. The number of nitrogens with one attached hydrogen (secondary N) is 3. The number of fused-ring (bicyclic) bond motifs is 3.